The quantitative estimate of drug-likeness (QED) is 0.860. The summed E-state index contributed by atoms with van der Waals surface area (Å²) in [6.45, 7) is 0. The molecule has 0 aliphatic heterocycles. The lowest BCUT2D eigenvalue weighted by molar-refractivity contribution is 0.196. The van der Waals surface area contributed by atoms with Crippen molar-refractivity contribution in [1.82, 2.24) is 14.5 Å². The standard InChI is InChI=1S/C13H10ClN3O3/c14-12-15-5-3-11(16-12)20-9-1-2-10-8(7-9)4-6-17(10)13(18)19/h1-6,9H,7H2,(H,18,19). The van der Waals surface area contributed by atoms with Crippen molar-refractivity contribution >= 4 is 23.8 Å². The third-order valence-corrected chi connectivity index (χ3v) is 3.16. The van der Waals surface area contributed by atoms with Gasteiger partial charge in [-0.25, -0.2) is 9.78 Å². The lowest BCUT2D eigenvalue weighted by atomic mass is 10.0. The van der Waals surface area contributed by atoms with Crippen molar-refractivity contribution in [2.45, 2.75) is 12.5 Å². The van der Waals surface area contributed by atoms with E-state index in [2.05, 4.69) is 9.97 Å². The van der Waals surface area contributed by atoms with Crippen LogP contribution in [0.4, 0.5) is 4.79 Å². The Labute approximate surface area is 119 Å². The van der Waals surface area contributed by atoms with Crippen LogP contribution in [0, 0.1) is 0 Å². The van der Waals surface area contributed by atoms with Gasteiger partial charge in [-0.2, -0.15) is 4.98 Å². The van der Waals surface area contributed by atoms with E-state index in [-0.39, 0.29) is 11.4 Å². The number of carboxylic acid groups (broad SMARTS) is 1. The summed E-state index contributed by atoms with van der Waals surface area (Å²) >= 11 is 5.69. The second-order valence-corrected chi connectivity index (χ2v) is 4.60. The van der Waals surface area contributed by atoms with Crippen LogP contribution < -0.4 is 4.74 Å². The van der Waals surface area contributed by atoms with Crippen LogP contribution in [0.2, 0.25) is 5.28 Å². The molecule has 0 spiro atoms. The molecule has 3 rings (SSSR count). The van der Waals surface area contributed by atoms with E-state index >= 15 is 0 Å². The van der Waals surface area contributed by atoms with E-state index in [0.29, 0.717) is 18.0 Å². The number of ether oxygens (including phenoxy) is 1. The number of halogens is 1. The minimum atomic E-state index is -1.00. The van der Waals surface area contributed by atoms with E-state index in [9.17, 15) is 4.79 Å². The lowest BCUT2D eigenvalue weighted by Crippen LogP contribution is -2.21. The molecule has 1 atom stereocenters. The molecule has 0 fully saturated rings. The fraction of sp³-hybridized carbons (Fsp3) is 0.154. The highest BCUT2D eigenvalue weighted by molar-refractivity contribution is 6.28. The Balaban J connectivity index is 1.79. The number of carbonyl (C=O) groups is 1. The summed E-state index contributed by atoms with van der Waals surface area (Å²) in [6, 6.07) is 3.40. The molecule has 1 N–H and O–H groups in total. The Hall–Kier alpha value is -2.34. The van der Waals surface area contributed by atoms with Crippen LogP contribution in [0.3, 0.4) is 0 Å². The molecule has 2 aromatic rings. The van der Waals surface area contributed by atoms with Gasteiger partial charge in [0.1, 0.15) is 6.10 Å². The summed E-state index contributed by atoms with van der Waals surface area (Å²) in [5.41, 5.74) is 1.58. The Bertz CT molecular complexity index is 696. The van der Waals surface area contributed by atoms with Crippen molar-refractivity contribution in [2.75, 3.05) is 0 Å². The van der Waals surface area contributed by atoms with Crippen molar-refractivity contribution in [1.29, 1.82) is 0 Å². The van der Waals surface area contributed by atoms with Gasteiger partial charge in [0.25, 0.3) is 0 Å². The van der Waals surface area contributed by atoms with Crippen molar-refractivity contribution in [2.24, 2.45) is 0 Å². The molecule has 0 aromatic carbocycles. The van der Waals surface area contributed by atoms with Gasteiger partial charge in [0, 0.05) is 24.9 Å². The maximum absolute atomic E-state index is 11.0. The third-order valence-electron chi connectivity index (χ3n) is 2.98. The van der Waals surface area contributed by atoms with E-state index in [1.165, 1.54) is 17.0 Å². The van der Waals surface area contributed by atoms with Crippen LogP contribution in [0.15, 0.2) is 30.6 Å². The molecule has 1 aliphatic carbocycles. The second kappa shape index (κ2) is 4.97. The Morgan fingerprint density at radius 2 is 2.35 bits per heavy atom. The molecule has 2 aromatic heterocycles. The number of hydrogen-bond donors (Lipinski definition) is 1. The average Bonchev–Trinajstić information content (AvgIpc) is 2.82. The summed E-state index contributed by atoms with van der Waals surface area (Å²) in [5.74, 6) is 0.390. The molecule has 20 heavy (non-hydrogen) atoms. The monoisotopic (exact) mass is 291 g/mol. The molecule has 1 unspecified atom stereocenters. The molecular formula is C13H10ClN3O3. The molecule has 0 saturated heterocycles. The van der Waals surface area contributed by atoms with Gasteiger partial charge in [-0.3, -0.25) is 4.57 Å². The van der Waals surface area contributed by atoms with Crippen LogP contribution in [-0.2, 0) is 6.42 Å². The Kier molecular flexibility index (Phi) is 3.15. The number of aromatic nitrogens is 3. The van der Waals surface area contributed by atoms with Gasteiger partial charge in [-0.1, -0.05) is 0 Å². The van der Waals surface area contributed by atoms with E-state index in [1.807, 2.05) is 0 Å². The molecule has 2 heterocycles. The van der Waals surface area contributed by atoms with Crippen molar-refractivity contribution in [3.63, 3.8) is 0 Å². The SMILES string of the molecule is O=C(O)n1ccc2c1C=CC(Oc1ccnc(Cl)n1)C2. The topological polar surface area (TPSA) is 77.2 Å². The lowest BCUT2D eigenvalue weighted by Gasteiger charge is -2.18. The van der Waals surface area contributed by atoms with Gasteiger partial charge in [0.15, 0.2) is 0 Å². The van der Waals surface area contributed by atoms with E-state index in [0.717, 1.165) is 5.56 Å². The zero-order valence-electron chi connectivity index (χ0n) is 10.2. The maximum atomic E-state index is 11.0. The number of hydrogen-bond acceptors (Lipinski definition) is 4. The normalized spacial score (nSPS) is 16.8. The first kappa shape index (κ1) is 12.7. The molecule has 1 aliphatic rings. The summed E-state index contributed by atoms with van der Waals surface area (Å²) in [6.07, 6.45) is 5.95. The van der Waals surface area contributed by atoms with Crippen molar-refractivity contribution < 1.29 is 14.6 Å². The maximum Gasteiger partial charge on any atom is 0.415 e. The van der Waals surface area contributed by atoms with Crippen LogP contribution in [0.25, 0.3) is 6.08 Å². The van der Waals surface area contributed by atoms with Crippen LogP contribution >= 0.6 is 11.6 Å². The van der Waals surface area contributed by atoms with Gasteiger partial charge >= 0.3 is 6.09 Å². The zero-order valence-corrected chi connectivity index (χ0v) is 11.0. The molecule has 0 amide bonds. The van der Waals surface area contributed by atoms with E-state index < -0.39 is 6.09 Å². The first-order chi connectivity index (χ1) is 9.63. The number of fused-ring (bicyclic) bond motifs is 1. The van der Waals surface area contributed by atoms with Gasteiger partial charge in [-0.05, 0) is 35.4 Å². The minimum Gasteiger partial charge on any atom is -0.470 e. The average molecular weight is 292 g/mol. The fourth-order valence-corrected chi connectivity index (χ4v) is 2.26. The predicted molar refractivity (Wildman–Crippen MR) is 72.1 cm³/mol. The zero-order chi connectivity index (χ0) is 14.1. The van der Waals surface area contributed by atoms with Gasteiger partial charge in [0.2, 0.25) is 11.2 Å². The smallest absolute Gasteiger partial charge is 0.415 e. The fourth-order valence-electron chi connectivity index (χ4n) is 2.12. The molecular weight excluding hydrogens is 282 g/mol. The predicted octanol–water partition coefficient (Wildman–Crippen LogP) is 2.47. The van der Waals surface area contributed by atoms with Crippen LogP contribution in [-0.4, -0.2) is 31.8 Å². The Morgan fingerprint density at radius 3 is 3.10 bits per heavy atom. The highest BCUT2D eigenvalue weighted by Gasteiger charge is 2.20. The van der Waals surface area contributed by atoms with Crippen LogP contribution in [0.5, 0.6) is 5.88 Å². The number of rotatable bonds is 2. The largest absolute Gasteiger partial charge is 0.470 e. The summed E-state index contributed by atoms with van der Waals surface area (Å²) in [4.78, 5) is 18.7. The first-order valence-electron chi connectivity index (χ1n) is 5.90. The number of nitrogens with zero attached hydrogens (tertiary/aromatic N) is 3. The van der Waals surface area contributed by atoms with Crippen LogP contribution in [0.1, 0.15) is 11.3 Å². The van der Waals surface area contributed by atoms with Crippen molar-refractivity contribution in [3.05, 3.63) is 47.1 Å². The van der Waals surface area contributed by atoms with E-state index in [1.54, 1.807) is 24.3 Å². The van der Waals surface area contributed by atoms with E-state index in [4.69, 9.17) is 21.4 Å². The molecule has 0 radical (unpaired) electrons. The molecule has 6 nitrogen and oxygen atoms in total. The highest BCUT2D eigenvalue weighted by atomic mass is 35.5. The summed E-state index contributed by atoms with van der Waals surface area (Å²) in [7, 11) is 0. The molecule has 7 heteroatoms. The first-order valence-corrected chi connectivity index (χ1v) is 6.28. The van der Waals surface area contributed by atoms with Gasteiger partial charge < -0.3 is 9.84 Å². The summed E-state index contributed by atoms with van der Waals surface area (Å²) in [5, 5.41) is 9.15. The minimum absolute atomic E-state index is 0.125. The second-order valence-electron chi connectivity index (χ2n) is 4.26. The van der Waals surface area contributed by atoms with Gasteiger partial charge in [-0.15, -0.1) is 0 Å². The van der Waals surface area contributed by atoms with Crippen molar-refractivity contribution in [3.8, 4) is 5.88 Å². The van der Waals surface area contributed by atoms with Gasteiger partial charge in [0.05, 0.1) is 5.69 Å². The third kappa shape index (κ3) is 2.37. The Morgan fingerprint density at radius 1 is 1.50 bits per heavy atom. The highest BCUT2D eigenvalue weighted by Crippen LogP contribution is 2.23. The molecule has 0 saturated carbocycles. The molecule has 102 valence electrons. The molecule has 0 bridgehead atoms. The summed E-state index contributed by atoms with van der Waals surface area (Å²) < 4.78 is 6.87.